The van der Waals surface area contributed by atoms with Gasteiger partial charge in [0.1, 0.15) is 0 Å². The van der Waals surface area contributed by atoms with Gasteiger partial charge < -0.3 is 4.74 Å². The standard InChI is InChI=1S/C8H13N3O/c1-6(11-9)7-3-4-8(12-2)10-5-7/h3-6,11H,9H2,1-2H3/t6-/m0/s1. The minimum absolute atomic E-state index is 0.114. The van der Waals surface area contributed by atoms with Crippen molar-refractivity contribution in [2.45, 2.75) is 13.0 Å². The highest BCUT2D eigenvalue weighted by atomic mass is 16.5. The van der Waals surface area contributed by atoms with Gasteiger partial charge in [0.25, 0.3) is 0 Å². The molecular formula is C8H13N3O. The van der Waals surface area contributed by atoms with Crippen LogP contribution in [0.3, 0.4) is 0 Å². The average molecular weight is 167 g/mol. The summed E-state index contributed by atoms with van der Waals surface area (Å²) >= 11 is 0. The Kier molecular flexibility index (Phi) is 3.01. The number of pyridine rings is 1. The lowest BCUT2D eigenvalue weighted by molar-refractivity contribution is 0.397. The highest BCUT2D eigenvalue weighted by Crippen LogP contribution is 2.12. The van der Waals surface area contributed by atoms with Crippen molar-refractivity contribution in [1.29, 1.82) is 0 Å². The summed E-state index contributed by atoms with van der Waals surface area (Å²) < 4.78 is 4.92. The first-order valence-electron chi connectivity index (χ1n) is 3.74. The number of hydrazine groups is 1. The van der Waals surface area contributed by atoms with Gasteiger partial charge in [-0.1, -0.05) is 6.07 Å². The Morgan fingerprint density at radius 1 is 1.58 bits per heavy atom. The van der Waals surface area contributed by atoms with Crippen molar-refractivity contribution in [1.82, 2.24) is 10.4 Å². The van der Waals surface area contributed by atoms with Gasteiger partial charge in [0.05, 0.1) is 7.11 Å². The van der Waals surface area contributed by atoms with E-state index in [0.29, 0.717) is 5.88 Å². The molecular weight excluding hydrogens is 154 g/mol. The molecule has 1 atom stereocenters. The van der Waals surface area contributed by atoms with Crippen molar-refractivity contribution in [2.24, 2.45) is 5.84 Å². The van der Waals surface area contributed by atoms with Crippen molar-refractivity contribution in [2.75, 3.05) is 7.11 Å². The molecule has 0 aromatic carbocycles. The van der Waals surface area contributed by atoms with Crippen molar-refractivity contribution >= 4 is 0 Å². The molecule has 0 unspecified atom stereocenters. The Labute approximate surface area is 71.7 Å². The highest BCUT2D eigenvalue weighted by Gasteiger charge is 2.02. The molecule has 4 heteroatoms. The Hall–Kier alpha value is -1.13. The maximum atomic E-state index is 5.27. The van der Waals surface area contributed by atoms with Crippen LogP contribution in [0.25, 0.3) is 0 Å². The third-order valence-corrected chi connectivity index (χ3v) is 1.72. The molecule has 66 valence electrons. The first-order valence-corrected chi connectivity index (χ1v) is 3.74. The van der Waals surface area contributed by atoms with Crippen LogP contribution in [0.15, 0.2) is 18.3 Å². The molecule has 1 rings (SSSR count). The fourth-order valence-electron chi connectivity index (χ4n) is 0.865. The largest absolute Gasteiger partial charge is 0.481 e. The quantitative estimate of drug-likeness (QED) is 0.511. The Bertz CT molecular complexity index is 235. The zero-order valence-electron chi connectivity index (χ0n) is 7.24. The molecule has 4 nitrogen and oxygen atoms in total. The molecule has 12 heavy (non-hydrogen) atoms. The maximum Gasteiger partial charge on any atom is 0.212 e. The molecule has 0 amide bonds. The lowest BCUT2D eigenvalue weighted by atomic mass is 10.1. The van der Waals surface area contributed by atoms with E-state index in [2.05, 4.69) is 10.4 Å². The number of nitrogens with two attached hydrogens (primary N) is 1. The van der Waals surface area contributed by atoms with E-state index in [1.165, 1.54) is 0 Å². The van der Waals surface area contributed by atoms with E-state index in [1.54, 1.807) is 13.3 Å². The molecule has 1 heterocycles. The Morgan fingerprint density at radius 3 is 2.75 bits per heavy atom. The summed E-state index contributed by atoms with van der Waals surface area (Å²) in [7, 11) is 1.59. The normalized spacial score (nSPS) is 12.6. The van der Waals surface area contributed by atoms with E-state index in [-0.39, 0.29) is 6.04 Å². The second-order valence-electron chi connectivity index (χ2n) is 2.52. The van der Waals surface area contributed by atoms with Crippen LogP contribution in [0, 0.1) is 0 Å². The van der Waals surface area contributed by atoms with E-state index in [9.17, 15) is 0 Å². The van der Waals surface area contributed by atoms with Crippen LogP contribution in [0.1, 0.15) is 18.5 Å². The van der Waals surface area contributed by atoms with Crippen molar-refractivity contribution in [3.63, 3.8) is 0 Å². The summed E-state index contributed by atoms with van der Waals surface area (Å²) in [6.45, 7) is 1.96. The van der Waals surface area contributed by atoms with Crippen LogP contribution in [0.2, 0.25) is 0 Å². The lowest BCUT2D eigenvalue weighted by Crippen LogP contribution is -2.25. The van der Waals surface area contributed by atoms with E-state index < -0.39 is 0 Å². The molecule has 0 saturated heterocycles. The molecule has 0 aliphatic heterocycles. The molecule has 0 bridgehead atoms. The number of aromatic nitrogens is 1. The summed E-state index contributed by atoms with van der Waals surface area (Å²) in [4.78, 5) is 4.05. The van der Waals surface area contributed by atoms with Crippen molar-refractivity contribution < 1.29 is 4.74 Å². The molecule has 0 radical (unpaired) electrons. The van der Waals surface area contributed by atoms with Gasteiger partial charge >= 0.3 is 0 Å². The fraction of sp³-hybridized carbons (Fsp3) is 0.375. The molecule has 0 aliphatic rings. The summed E-state index contributed by atoms with van der Waals surface area (Å²) in [6, 6.07) is 3.85. The van der Waals surface area contributed by atoms with Gasteiger partial charge in [0.2, 0.25) is 5.88 Å². The summed E-state index contributed by atoms with van der Waals surface area (Å²) in [5, 5.41) is 0. The zero-order chi connectivity index (χ0) is 8.97. The number of nitrogens with one attached hydrogen (secondary N) is 1. The van der Waals surface area contributed by atoms with Crippen LogP contribution < -0.4 is 16.0 Å². The smallest absolute Gasteiger partial charge is 0.212 e. The molecule has 3 N–H and O–H groups in total. The van der Waals surface area contributed by atoms with Crippen LogP contribution in [-0.4, -0.2) is 12.1 Å². The number of hydrogen-bond donors (Lipinski definition) is 2. The van der Waals surface area contributed by atoms with Crippen LogP contribution in [0.5, 0.6) is 5.88 Å². The van der Waals surface area contributed by atoms with Crippen molar-refractivity contribution in [3.05, 3.63) is 23.9 Å². The number of ether oxygens (including phenoxy) is 1. The Morgan fingerprint density at radius 2 is 2.33 bits per heavy atom. The third kappa shape index (κ3) is 1.93. The second kappa shape index (κ2) is 4.04. The van der Waals surface area contributed by atoms with Gasteiger partial charge in [0, 0.05) is 18.3 Å². The van der Waals surface area contributed by atoms with Gasteiger partial charge in [-0.3, -0.25) is 11.3 Å². The highest BCUT2D eigenvalue weighted by molar-refractivity contribution is 5.19. The summed E-state index contributed by atoms with van der Waals surface area (Å²) in [5.74, 6) is 5.88. The zero-order valence-corrected chi connectivity index (χ0v) is 7.24. The number of methoxy groups -OCH3 is 1. The van der Waals surface area contributed by atoms with Gasteiger partial charge in [0.15, 0.2) is 0 Å². The van der Waals surface area contributed by atoms with E-state index in [0.717, 1.165) is 5.56 Å². The van der Waals surface area contributed by atoms with Crippen LogP contribution >= 0.6 is 0 Å². The molecule has 1 aromatic heterocycles. The summed E-state index contributed by atoms with van der Waals surface area (Å²) in [5.41, 5.74) is 3.68. The average Bonchev–Trinajstić information content (AvgIpc) is 2.17. The minimum atomic E-state index is 0.114. The second-order valence-corrected chi connectivity index (χ2v) is 2.52. The van der Waals surface area contributed by atoms with Gasteiger partial charge in [-0.2, -0.15) is 0 Å². The summed E-state index contributed by atoms with van der Waals surface area (Å²) in [6.07, 6.45) is 1.74. The van der Waals surface area contributed by atoms with Crippen molar-refractivity contribution in [3.8, 4) is 5.88 Å². The number of hydrogen-bond acceptors (Lipinski definition) is 4. The molecule has 1 aromatic rings. The van der Waals surface area contributed by atoms with E-state index >= 15 is 0 Å². The van der Waals surface area contributed by atoms with Gasteiger partial charge in [-0.05, 0) is 12.5 Å². The minimum Gasteiger partial charge on any atom is -0.481 e. The third-order valence-electron chi connectivity index (χ3n) is 1.72. The first-order chi connectivity index (χ1) is 5.77. The number of nitrogens with zero attached hydrogens (tertiary/aromatic N) is 1. The predicted molar refractivity (Wildman–Crippen MR) is 46.5 cm³/mol. The Balaban J connectivity index is 2.77. The number of rotatable bonds is 3. The fourth-order valence-corrected chi connectivity index (χ4v) is 0.865. The predicted octanol–water partition coefficient (Wildman–Crippen LogP) is 0.615. The monoisotopic (exact) mass is 167 g/mol. The maximum absolute atomic E-state index is 5.27. The first kappa shape index (κ1) is 8.96. The molecule has 0 fully saturated rings. The SMILES string of the molecule is COc1ccc([C@H](C)NN)cn1. The topological polar surface area (TPSA) is 60.2 Å². The van der Waals surface area contributed by atoms with E-state index in [1.807, 2.05) is 19.1 Å². The van der Waals surface area contributed by atoms with Gasteiger partial charge in [-0.25, -0.2) is 4.98 Å². The van der Waals surface area contributed by atoms with E-state index in [4.69, 9.17) is 10.6 Å². The molecule has 0 aliphatic carbocycles. The van der Waals surface area contributed by atoms with Crippen LogP contribution in [0.4, 0.5) is 0 Å². The molecule has 0 spiro atoms. The van der Waals surface area contributed by atoms with Crippen LogP contribution in [-0.2, 0) is 0 Å². The van der Waals surface area contributed by atoms with Gasteiger partial charge in [-0.15, -0.1) is 0 Å². The lowest BCUT2D eigenvalue weighted by Gasteiger charge is -2.09. The molecule has 0 saturated carbocycles.